The molecule has 0 bridgehead atoms. The minimum absolute atomic E-state index is 0.0360. The van der Waals surface area contributed by atoms with Gasteiger partial charge in [-0.15, -0.1) is 0 Å². The van der Waals surface area contributed by atoms with Crippen LogP contribution in [0.25, 0.3) is 0 Å². The second-order valence-electron chi connectivity index (χ2n) is 7.24. The van der Waals surface area contributed by atoms with E-state index in [1.165, 1.54) is 16.8 Å². The first-order valence-electron chi connectivity index (χ1n) is 9.03. The number of carbonyl (C=O) groups excluding carboxylic acids is 1. The molecule has 0 saturated carbocycles. The maximum atomic E-state index is 13.1. The molecular formula is C21H25N3O. The smallest absolute Gasteiger partial charge is 0.228 e. The minimum atomic E-state index is 0.0360. The molecule has 4 rings (SSSR count). The Kier molecular flexibility index (Phi) is 4.00. The first-order chi connectivity index (χ1) is 12.1. The van der Waals surface area contributed by atoms with Crippen LogP contribution in [0.1, 0.15) is 30.5 Å². The van der Waals surface area contributed by atoms with Crippen LogP contribution in [-0.2, 0) is 11.2 Å². The van der Waals surface area contributed by atoms with Crippen LogP contribution in [0.15, 0.2) is 42.5 Å². The zero-order valence-electron chi connectivity index (χ0n) is 15.2. The third kappa shape index (κ3) is 2.61. The van der Waals surface area contributed by atoms with Crippen molar-refractivity contribution in [1.82, 2.24) is 4.90 Å². The van der Waals surface area contributed by atoms with E-state index >= 15 is 0 Å². The van der Waals surface area contributed by atoms with Crippen LogP contribution in [0.4, 0.5) is 17.1 Å². The number of fused-ring (bicyclic) bond motifs is 2. The Morgan fingerprint density at radius 2 is 1.88 bits per heavy atom. The third-order valence-corrected chi connectivity index (χ3v) is 5.34. The molecule has 1 unspecified atom stereocenters. The van der Waals surface area contributed by atoms with Crippen molar-refractivity contribution in [3.63, 3.8) is 0 Å². The standard InChI is InChI=1S/C21H25N3O/c1-15-17-8-6-7-16-11-14-23(21(16)17)18-9-4-5-10-19(18)24(15)20(25)12-13-22(2)3/h4-10,15H,11-14H2,1-3H3. The van der Waals surface area contributed by atoms with E-state index in [1.54, 1.807) is 0 Å². The summed E-state index contributed by atoms with van der Waals surface area (Å²) < 4.78 is 0. The molecule has 0 radical (unpaired) electrons. The van der Waals surface area contributed by atoms with Crippen molar-refractivity contribution in [1.29, 1.82) is 0 Å². The molecule has 25 heavy (non-hydrogen) atoms. The maximum Gasteiger partial charge on any atom is 0.228 e. The summed E-state index contributed by atoms with van der Waals surface area (Å²) in [5, 5.41) is 0. The van der Waals surface area contributed by atoms with E-state index in [2.05, 4.69) is 53.1 Å². The van der Waals surface area contributed by atoms with E-state index in [1.807, 2.05) is 25.1 Å². The first-order valence-corrected chi connectivity index (χ1v) is 9.03. The highest BCUT2D eigenvalue weighted by molar-refractivity contribution is 6.00. The van der Waals surface area contributed by atoms with Gasteiger partial charge in [-0.2, -0.15) is 0 Å². The zero-order valence-corrected chi connectivity index (χ0v) is 15.2. The minimum Gasteiger partial charge on any atom is -0.339 e. The fourth-order valence-corrected chi connectivity index (χ4v) is 4.10. The molecule has 2 heterocycles. The highest BCUT2D eigenvalue weighted by Gasteiger charge is 2.36. The van der Waals surface area contributed by atoms with Gasteiger partial charge in [-0.05, 0) is 50.7 Å². The number of carbonyl (C=O) groups is 1. The molecular weight excluding hydrogens is 310 g/mol. The topological polar surface area (TPSA) is 26.8 Å². The van der Waals surface area contributed by atoms with Gasteiger partial charge >= 0.3 is 0 Å². The molecule has 0 aliphatic carbocycles. The number of benzene rings is 2. The Balaban J connectivity index is 1.85. The van der Waals surface area contributed by atoms with Gasteiger partial charge in [-0.25, -0.2) is 0 Å². The van der Waals surface area contributed by atoms with Crippen LogP contribution in [0.2, 0.25) is 0 Å². The van der Waals surface area contributed by atoms with Crippen LogP contribution in [0.5, 0.6) is 0 Å². The van der Waals surface area contributed by atoms with Crippen molar-refractivity contribution in [3.8, 4) is 0 Å². The van der Waals surface area contributed by atoms with E-state index in [4.69, 9.17) is 0 Å². The normalized spacial score (nSPS) is 18.2. The van der Waals surface area contributed by atoms with Crippen LogP contribution in [0, 0.1) is 0 Å². The lowest BCUT2D eigenvalue weighted by atomic mass is 10.0. The summed E-state index contributed by atoms with van der Waals surface area (Å²) in [6, 6.07) is 14.9. The SMILES string of the molecule is CC1c2cccc3c2N(CC3)c2ccccc2N1C(=O)CCN(C)C. The van der Waals surface area contributed by atoms with Gasteiger partial charge in [0.25, 0.3) is 0 Å². The van der Waals surface area contributed by atoms with Gasteiger partial charge in [-0.1, -0.05) is 30.3 Å². The lowest BCUT2D eigenvalue weighted by Crippen LogP contribution is -2.35. The van der Waals surface area contributed by atoms with E-state index in [0.717, 1.165) is 30.9 Å². The summed E-state index contributed by atoms with van der Waals surface area (Å²) in [6.07, 6.45) is 1.60. The maximum absolute atomic E-state index is 13.1. The monoisotopic (exact) mass is 335 g/mol. The Hall–Kier alpha value is -2.33. The van der Waals surface area contributed by atoms with Gasteiger partial charge in [0.15, 0.2) is 0 Å². The molecule has 0 N–H and O–H groups in total. The van der Waals surface area contributed by atoms with Crippen molar-refractivity contribution >= 4 is 23.0 Å². The number of hydrogen-bond donors (Lipinski definition) is 0. The van der Waals surface area contributed by atoms with Gasteiger partial charge in [0, 0.05) is 25.2 Å². The molecule has 1 amide bonds. The molecule has 0 saturated heterocycles. The number of amides is 1. The number of nitrogens with zero attached hydrogens (tertiary/aromatic N) is 3. The van der Waals surface area contributed by atoms with Crippen LogP contribution in [0.3, 0.4) is 0 Å². The Morgan fingerprint density at radius 1 is 1.12 bits per heavy atom. The van der Waals surface area contributed by atoms with Crippen molar-refractivity contribution < 1.29 is 4.79 Å². The summed E-state index contributed by atoms with van der Waals surface area (Å²) >= 11 is 0. The summed E-state index contributed by atoms with van der Waals surface area (Å²) in [4.78, 5) is 19.6. The largest absolute Gasteiger partial charge is 0.339 e. The highest BCUT2D eigenvalue weighted by Crippen LogP contribution is 2.49. The summed E-state index contributed by atoms with van der Waals surface area (Å²) in [5.74, 6) is 0.187. The van der Waals surface area contributed by atoms with Crippen molar-refractivity contribution in [2.24, 2.45) is 0 Å². The van der Waals surface area contributed by atoms with Gasteiger partial charge in [0.2, 0.25) is 5.91 Å². The predicted octanol–water partition coefficient (Wildman–Crippen LogP) is 3.74. The van der Waals surface area contributed by atoms with Crippen molar-refractivity contribution in [2.45, 2.75) is 25.8 Å². The fraction of sp³-hybridized carbons (Fsp3) is 0.381. The fourth-order valence-electron chi connectivity index (χ4n) is 4.10. The Bertz CT molecular complexity index is 815. The quantitative estimate of drug-likeness (QED) is 0.855. The molecule has 130 valence electrons. The molecule has 2 aliphatic rings. The zero-order chi connectivity index (χ0) is 17.6. The van der Waals surface area contributed by atoms with E-state index < -0.39 is 0 Å². The molecule has 2 aliphatic heterocycles. The first kappa shape index (κ1) is 16.2. The second kappa shape index (κ2) is 6.19. The average molecular weight is 335 g/mol. The lowest BCUT2D eigenvalue weighted by molar-refractivity contribution is -0.119. The van der Waals surface area contributed by atoms with Crippen LogP contribution < -0.4 is 9.80 Å². The Labute approximate surface area is 149 Å². The summed E-state index contributed by atoms with van der Waals surface area (Å²) in [7, 11) is 4.02. The van der Waals surface area contributed by atoms with Gasteiger partial charge in [-0.3, -0.25) is 4.79 Å². The number of anilines is 3. The molecule has 4 nitrogen and oxygen atoms in total. The lowest BCUT2D eigenvalue weighted by Gasteiger charge is -2.30. The molecule has 1 atom stereocenters. The molecule has 0 spiro atoms. The van der Waals surface area contributed by atoms with Crippen molar-refractivity contribution in [3.05, 3.63) is 53.6 Å². The van der Waals surface area contributed by atoms with Crippen LogP contribution in [-0.4, -0.2) is 38.0 Å². The third-order valence-electron chi connectivity index (χ3n) is 5.34. The average Bonchev–Trinajstić information content (AvgIpc) is 3.00. The number of rotatable bonds is 3. The van der Waals surface area contributed by atoms with Gasteiger partial charge in [0.05, 0.1) is 17.4 Å². The van der Waals surface area contributed by atoms with Gasteiger partial charge in [0.1, 0.15) is 0 Å². The molecule has 0 aromatic heterocycles. The van der Waals surface area contributed by atoms with Crippen LogP contribution >= 0.6 is 0 Å². The molecule has 2 aromatic carbocycles. The predicted molar refractivity (Wildman–Crippen MR) is 103 cm³/mol. The molecule has 4 heteroatoms. The molecule has 2 aromatic rings. The van der Waals surface area contributed by atoms with E-state index in [0.29, 0.717) is 6.42 Å². The highest BCUT2D eigenvalue weighted by atomic mass is 16.2. The summed E-state index contributed by atoms with van der Waals surface area (Å²) in [5.41, 5.74) is 6.13. The number of para-hydroxylation sites is 3. The second-order valence-corrected chi connectivity index (χ2v) is 7.24. The number of hydrogen-bond acceptors (Lipinski definition) is 3. The van der Waals surface area contributed by atoms with E-state index in [-0.39, 0.29) is 11.9 Å². The Morgan fingerprint density at radius 3 is 2.64 bits per heavy atom. The van der Waals surface area contributed by atoms with Crippen molar-refractivity contribution in [2.75, 3.05) is 37.0 Å². The summed E-state index contributed by atoms with van der Waals surface area (Å²) in [6.45, 7) is 3.90. The van der Waals surface area contributed by atoms with E-state index in [9.17, 15) is 4.79 Å². The molecule has 0 fully saturated rings. The van der Waals surface area contributed by atoms with Gasteiger partial charge < -0.3 is 14.7 Å².